The first-order chi connectivity index (χ1) is 11.4. The van der Waals surface area contributed by atoms with E-state index in [0.29, 0.717) is 13.2 Å². The molecular formula is C18H29N3O3. The molecule has 6 heteroatoms. The van der Waals surface area contributed by atoms with Crippen LogP contribution in [0.3, 0.4) is 0 Å². The Morgan fingerprint density at radius 3 is 2.21 bits per heavy atom. The fourth-order valence-electron chi connectivity index (χ4n) is 2.69. The largest absolute Gasteiger partial charge is 0.497 e. The molecule has 2 rings (SSSR count). The number of rotatable bonds is 5. The second-order valence-corrected chi connectivity index (χ2v) is 6.90. The minimum Gasteiger partial charge on any atom is -0.497 e. The van der Waals surface area contributed by atoms with Crippen LogP contribution in [-0.2, 0) is 0 Å². The Balaban J connectivity index is 1.65. The number of benzene rings is 1. The van der Waals surface area contributed by atoms with Gasteiger partial charge in [0.25, 0.3) is 0 Å². The predicted octanol–water partition coefficient (Wildman–Crippen LogP) is 2.20. The molecular weight excluding hydrogens is 306 g/mol. The van der Waals surface area contributed by atoms with Crippen molar-refractivity contribution in [1.29, 1.82) is 0 Å². The summed E-state index contributed by atoms with van der Waals surface area (Å²) in [6, 6.07) is 7.39. The lowest BCUT2D eigenvalue weighted by Crippen LogP contribution is -2.56. The number of amides is 2. The van der Waals surface area contributed by atoms with Gasteiger partial charge in [-0.2, -0.15) is 0 Å². The number of ether oxygens (including phenoxy) is 2. The molecule has 134 valence electrons. The van der Waals surface area contributed by atoms with Crippen molar-refractivity contribution in [2.75, 3.05) is 46.4 Å². The third kappa shape index (κ3) is 5.30. The highest BCUT2D eigenvalue weighted by Crippen LogP contribution is 2.17. The van der Waals surface area contributed by atoms with Gasteiger partial charge in [-0.25, -0.2) is 4.79 Å². The van der Waals surface area contributed by atoms with Gasteiger partial charge in [0.05, 0.1) is 13.7 Å². The van der Waals surface area contributed by atoms with E-state index in [0.717, 1.165) is 37.7 Å². The van der Waals surface area contributed by atoms with Crippen LogP contribution in [0.1, 0.15) is 20.8 Å². The van der Waals surface area contributed by atoms with Gasteiger partial charge in [-0.05, 0) is 45.0 Å². The minimum atomic E-state index is -0.0121. The normalized spacial score (nSPS) is 15.9. The van der Waals surface area contributed by atoms with Crippen LogP contribution in [0.25, 0.3) is 0 Å². The molecule has 0 aliphatic carbocycles. The van der Waals surface area contributed by atoms with Gasteiger partial charge in [-0.1, -0.05) is 0 Å². The van der Waals surface area contributed by atoms with Gasteiger partial charge in [0.15, 0.2) is 0 Å². The van der Waals surface area contributed by atoms with Crippen molar-refractivity contribution < 1.29 is 14.3 Å². The molecule has 24 heavy (non-hydrogen) atoms. The standard InChI is InChI=1S/C18H29N3O3/c1-18(2,3)21-12-10-20(11-13-21)17(22)19-9-14-24-16-7-5-15(23-4)6-8-16/h5-8H,9-14H2,1-4H3,(H,19,22). The minimum absolute atomic E-state index is 0.0121. The van der Waals surface area contributed by atoms with Crippen LogP contribution >= 0.6 is 0 Å². The van der Waals surface area contributed by atoms with Crippen LogP contribution in [0.4, 0.5) is 4.79 Å². The summed E-state index contributed by atoms with van der Waals surface area (Å²) in [7, 11) is 1.63. The van der Waals surface area contributed by atoms with Crippen LogP contribution in [0.5, 0.6) is 11.5 Å². The summed E-state index contributed by atoms with van der Waals surface area (Å²) in [5, 5.41) is 2.92. The number of hydrogen-bond donors (Lipinski definition) is 1. The zero-order chi connectivity index (χ0) is 17.6. The maximum Gasteiger partial charge on any atom is 0.317 e. The molecule has 0 atom stereocenters. The lowest BCUT2D eigenvalue weighted by atomic mass is 10.1. The number of carbonyl (C=O) groups is 1. The van der Waals surface area contributed by atoms with Crippen molar-refractivity contribution in [3.63, 3.8) is 0 Å². The van der Waals surface area contributed by atoms with E-state index in [4.69, 9.17) is 9.47 Å². The van der Waals surface area contributed by atoms with E-state index in [1.165, 1.54) is 0 Å². The summed E-state index contributed by atoms with van der Waals surface area (Å²) in [6.45, 7) is 10.9. The number of nitrogens with zero attached hydrogens (tertiary/aromatic N) is 2. The van der Waals surface area contributed by atoms with Crippen molar-refractivity contribution >= 4 is 6.03 Å². The molecule has 0 spiro atoms. The Morgan fingerprint density at radius 2 is 1.67 bits per heavy atom. The van der Waals surface area contributed by atoms with Crippen molar-refractivity contribution in [2.24, 2.45) is 0 Å². The third-order valence-corrected chi connectivity index (χ3v) is 4.22. The number of hydrogen-bond acceptors (Lipinski definition) is 4. The number of methoxy groups -OCH3 is 1. The van der Waals surface area contributed by atoms with E-state index in [-0.39, 0.29) is 11.6 Å². The van der Waals surface area contributed by atoms with Crippen molar-refractivity contribution in [3.8, 4) is 11.5 Å². The Bertz CT molecular complexity index is 517. The quantitative estimate of drug-likeness (QED) is 0.838. The third-order valence-electron chi connectivity index (χ3n) is 4.22. The molecule has 1 saturated heterocycles. The van der Waals surface area contributed by atoms with Gasteiger partial charge in [-0.3, -0.25) is 4.90 Å². The zero-order valence-corrected chi connectivity index (χ0v) is 15.2. The number of piperazine rings is 1. The molecule has 1 N–H and O–H groups in total. The molecule has 0 radical (unpaired) electrons. The molecule has 1 aromatic carbocycles. The van der Waals surface area contributed by atoms with Gasteiger partial charge in [0, 0.05) is 31.7 Å². The first-order valence-corrected chi connectivity index (χ1v) is 8.45. The molecule has 1 aliphatic heterocycles. The molecule has 6 nitrogen and oxygen atoms in total. The summed E-state index contributed by atoms with van der Waals surface area (Å²) in [5.41, 5.74) is 0.161. The van der Waals surface area contributed by atoms with E-state index in [2.05, 4.69) is 31.0 Å². The first kappa shape index (κ1) is 18.4. The van der Waals surface area contributed by atoms with Crippen LogP contribution in [-0.4, -0.2) is 67.8 Å². The van der Waals surface area contributed by atoms with E-state index in [9.17, 15) is 4.79 Å². The van der Waals surface area contributed by atoms with E-state index < -0.39 is 0 Å². The van der Waals surface area contributed by atoms with Gasteiger partial charge in [0.1, 0.15) is 18.1 Å². The van der Waals surface area contributed by atoms with Gasteiger partial charge >= 0.3 is 6.03 Å². The molecule has 0 saturated carbocycles. The summed E-state index contributed by atoms with van der Waals surface area (Å²) in [6.07, 6.45) is 0. The molecule has 1 fully saturated rings. The summed E-state index contributed by atoms with van der Waals surface area (Å²) >= 11 is 0. The molecule has 1 heterocycles. The Hall–Kier alpha value is -1.95. The predicted molar refractivity (Wildman–Crippen MR) is 94.8 cm³/mol. The Kier molecular flexibility index (Phi) is 6.31. The van der Waals surface area contributed by atoms with Crippen molar-refractivity contribution in [1.82, 2.24) is 15.1 Å². The Labute approximate surface area is 144 Å². The average molecular weight is 335 g/mol. The van der Waals surface area contributed by atoms with Crippen LogP contribution in [0, 0.1) is 0 Å². The highest BCUT2D eigenvalue weighted by Gasteiger charge is 2.27. The van der Waals surface area contributed by atoms with Gasteiger partial charge in [0.2, 0.25) is 0 Å². The number of nitrogens with one attached hydrogen (secondary N) is 1. The maximum atomic E-state index is 12.2. The molecule has 0 bridgehead atoms. The van der Waals surface area contributed by atoms with Crippen molar-refractivity contribution in [2.45, 2.75) is 26.3 Å². The average Bonchev–Trinajstić information content (AvgIpc) is 2.58. The second kappa shape index (κ2) is 8.24. The topological polar surface area (TPSA) is 54.0 Å². The second-order valence-electron chi connectivity index (χ2n) is 6.90. The molecule has 1 aliphatic rings. The van der Waals surface area contributed by atoms with E-state index >= 15 is 0 Å². The lowest BCUT2D eigenvalue weighted by molar-refractivity contribution is 0.0741. The highest BCUT2D eigenvalue weighted by molar-refractivity contribution is 5.74. The molecule has 1 aromatic rings. The highest BCUT2D eigenvalue weighted by atomic mass is 16.5. The molecule has 0 aromatic heterocycles. The lowest BCUT2D eigenvalue weighted by Gasteiger charge is -2.42. The molecule has 2 amide bonds. The fraction of sp³-hybridized carbons (Fsp3) is 0.611. The summed E-state index contributed by atoms with van der Waals surface area (Å²) in [4.78, 5) is 16.5. The smallest absolute Gasteiger partial charge is 0.317 e. The van der Waals surface area contributed by atoms with Gasteiger partial charge in [-0.15, -0.1) is 0 Å². The van der Waals surface area contributed by atoms with Crippen LogP contribution in [0.2, 0.25) is 0 Å². The SMILES string of the molecule is COc1ccc(OCCNC(=O)N2CCN(C(C)(C)C)CC2)cc1. The maximum absolute atomic E-state index is 12.2. The van der Waals surface area contributed by atoms with Crippen LogP contribution in [0.15, 0.2) is 24.3 Å². The Morgan fingerprint density at radius 1 is 1.08 bits per heavy atom. The zero-order valence-electron chi connectivity index (χ0n) is 15.2. The van der Waals surface area contributed by atoms with E-state index in [1.54, 1.807) is 7.11 Å². The summed E-state index contributed by atoms with van der Waals surface area (Å²) in [5.74, 6) is 1.56. The van der Waals surface area contributed by atoms with Crippen LogP contribution < -0.4 is 14.8 Å². The number of urea groups is 1. The van der Waals surface area contributed by atoms with Gasteiger partial charge < -0.3 is 19.7 Å². The first-order valence-electron chi connectivity index (χ1n) is 8.45. The number of carbonyl (C=O) groups excluding carboxylic acids is 1. The summed E-state index contributed by atoms with van der Waals surface area (Å²) < 4.78 is 10.7. The monoisotopic (exact) mass is 335 g/mol. The van der Waals surface area contributed by atoms with E-state index in [1.807, 2.05) is 29.2 Å². The van der Waals surface area contributed by atoms with Crippen molar-refractivity contribution in [3.05, 3.63) is 24.3 Å². The molecule has 0 unspecified atom stereocenters. The fourth-order valence-corrected chi connectivity index (χ4v) is 2.69.